The fourth-order valence-electron chi connectivity index (χ4n) is 3.11. The molecule has 0 atom stereocenters. The molecule has 0 fully saturated rings. The molecule has 7 N–H and O–H groups in total. The van der Waals surface area contributed by atoms with Crippen molar-refractivity contribution < 1.29 is 32.5 Å². The Morgan fingerprint density at radius 2 is 1.58 bits per heavy atom. The van der Waals surface area contributed by atoms with E-state index >= 15 is 0 Å². The molecular weight excluding hydrogens is 532 g/mol. The van der Waals surface area contributed by atoms with Crippen LogP contribution in [-0.2, 0) is 10.1 Å². The van der Waals surface area contributed by atoms with Crippen molar-refractivity contribution in [2.24, 2.45) is 11.7 Å². The van der Waals surface area contributed by atoms with Crippen LogP contribution in [-0.4, -0.2) is 54.5 Å². The van der Waals surface area contributed by atoms with E-state index in [2.05, 4.69) is 10.6 Å². The minimum atomic E-state index is -3.67. The lowest BCUT2D eigenvalue weighted by atomic mass is 9.97. The number of carboxylic acids is 1. The van der Waals surface area contributed by atoms with Gasteiger partial charge in [-0.15, -0.1) is 11.3 Å². The van der Waals surface area contributed by atoms with E-state index in [0.29, 0.717) is 40.1 Å². The molecule has 202 valence electrons. The lowest BCUT2D eigenvalue weighted by Gasteiger charge is -2.12. The number of thiophene rings is 1. The summed E-state index contributed by atoms with van der Waals surface area (Å²) in [5.41, 5.74) is 7.48. The molecule has 2 amide bonds. The molecule has 2 aromatic carbocycles. The minimum Gasteiger partial charge on any atom is -0.478 e. The number of carbonyl (C=O) groups excluding carboxylic acids is 2. The lowest BCUT2D eigenvalue weighted by Crippen LogP contribution is -2.27. The van der Waals surface area contributed by atoms with Crippen LogP contribution in [0.3, 0.4) is 0 Å². The first-order valence-electron chi connectivity index (χ1n) is 11.1. The molecule has 1 aromatic heterocycles. The second-order valence-corrected chi connectivity index (χ2v) is 10.9. The third kappa shape index (κ3) is 9.10. The summed E-state index contributed by atoms with van der Waals surface area (Å²) < 4.78 is 25.9. The van der Waals surface area contributed by atoms with E-state index in [-0.39, 0.29) is 28.8 Å². The zero-order chi connectivity index (χ0) is 28.6. The summed E-state index contributed by atoms with van der Waals surface area (Å²) in [6.07, 6.45) is 0.715. The van der Waals surface area contributed by atoms with Crippen molar-refractivity contribution in [3.8, 4) is 11.1 Å². The Labute approximate surface area is 224 Å². The van der Waals surface area contributed by atoms with Crippen LogP contribution in [0.4, 0.5) is 5.69 Å². The zero-order valence-electron chi connectivity index (χ0n) is 20.8. The third-order valence-electron chi connectivity index (χ3n) is 4.80. The van der Waals surface area contributed by atoms with Gasteiger partial charge in [0, 0.05) is 28.9 Å². The number of anilines is 1. The van der Waals surface area contributed by atoms with Gasteiger partial charge in [-0.05, 0) is 59.3 Å². The second-order valence-electron chi connectivity index (χ2n) is 8.51. The molecule has 0 radical (unpaired) electrons. The number of amides is 2. The molecule has 3 rings (SSSR count). The number of carbonyl (C=O) groups is 3. The molecule has 0 aliphatic carbocycles. The number of nitrogens with one attached hydrogen (secondary N) is 3. The number of nitrogen functional groups attached to an aromatic ring is 1. The van der Waals surface area contributed by atoms with E-state index < -0.39 is 22.0 Å². The Morgan fingerprint density at radius 1 is 1.00 bits per heavy atom. The summed E-state index contributed by atoms with van der Waals surface area (Å²) in [7, 11) is -3.67. The van der Waals surface area contributed by atoms with Gasteiger partial charge in [0.25, 0.3) is 21.9 Å². The van der Waals surface area contributed by atoms with Crippen molar-refractivity contribution in [3.63, 3.8) is 0 Å². The monoisotopic (exact) mass is 560 g/mol. The van der Waals surface area contributed by atoms with Gasteiger partial charge >= 0.3 is 5.97 Å². The summed E-state index contributed by atoms with van der Waals surface area (Å²) in [5.74, 6) is -1.75. The summed E-state index contributed by atoms with van der Waals surface area (Å²) in [6.45, 7) is 4.41. The maximum atomic E-state index is 12.9. The smallest absolute Gasteiger partial charge is 0.336 e. The number of nitrogens with two attached hydrogens (primary N) is 1. The Bertz CT molecular complexity index is 1440. The number of amidine groups is 1. The highest BCUT2D eigenvalue weighted by Gasteiger charge is 2.21. The summed E-state index contributed by atoms with van der Waals surface area (Å²) in [4.78, 5) is 37.6. The predicted molar refractivity (Wildman–Crippen MR) is 147 cm³/mol. The maximum absolute atomic E-state index is 12.9. The standard InChI is InChI=1S/C24H24N4O4S.CH4O3S/c1-13(2)12-27-22(29)15-5-8-17(19(11-15)24(31)32)18-9-10-33-20(18)23(30)28-16-6-3-14(4-7-16)21(25)26;1-5(2,3)4/h3-11,13H,12H2,1-2H3,(H3,25,26)(H,27,29)(H,28,30)(H,31,32);1H3,(H,2,3,4). The number of benzene rings is 2. The highest BCUT2D eigenvalue weighted by molar-refractivity contribution is 7.85. The molecule has 0 bridgehead atoms. The molecule has 0 saturated heterocycles. The summed E-state index contributed by atoms with van der Waals surface area (Å²) in [5, 5.41) is 24.5. The van der Waals surface area contributed by atoms with Gasteiger partial charge in [0.2, 0.25) is 0 Å². The van der Waals surface area contributed by atoms with E-state index in [4.69, 9.17) is 15.7 Å². The van der Waals surface area contributed by atoms with Gasteiger partial charge in [0.1, 0.15) is 10.7 Å². The number of hydrogen-bond donors (Lipinski definition) is 6. The van der Waals surface area contributed by atoms with Crippen LogP contribution in [0.25, 0.3) is 11.1 Å². The molecule has 0 aliphatic rings. The van der Waals surface area contributed by atoms with Crippen LogP contribution in [0.2, 0.25) is 0 Å². The molecule has 0 aliphatic heterocycles. The zero-order valence-corrected chi connectivity index (χ0v) is 22.4. The third-order valence-corrected chi connectivity index (χ3v) is 5.71. The van der Waals surface area contributed by atoms with Crippen molar-refractivity contribution >= 4 is 50.8 Å². The SMILES string of the molecule is CC(C)CNC(=O)c1ccc(-c2ccsc2C(=O)Nc2ccc(C(=N)N)cc2)c(C(=O)O)c1.CS(=O)(=O)O. The van der Waals surface area contributed by atoms with Gasteiger partial charge in [-0.1, -0.05) is 19.9 Å². The number of rotatable bonds is 8. The Hall–Kier alpha value is -4.07. The van der Waals surface area contributed by atoms with E-state index in [0.717, 1.165) is 0 Å². The summed E-state index contributed by atoms with van der Waals surface area (Å²) in [6, 6.07) is 12.6. The predicted octanol–water partition coefficient (Wildman–Crippen LogP) is 3.54. The van der Waals surface area contributed by atoms with Gasteiger partial charge in [-0.3, -0.25) is 19.6 Å². The molecule has 0 saturated carbocycles. The fourth-order valence-corrected chi connectivity index (χ4v) is 3.92. The van der Waals surface area contributed by atoms with Crippen LogP contribution in [0, 0.1) is 11.3 Å². The highest BCUT2D eigenvalue weighted by atomic mass is 32.2. The Kier molecular flexibility index (Phi) is 10.3. The largest absolute Gasteiger partial charge is 0.478 e. The van der Waals surface area contributed by atoms with Crippen molar-refractivity contribution in [2.45, 2.75) is 13.8 Å². The molecular formula is C25H28N4O7S2. The topological polar surface area (TPSA) is 200 Å². The van der Waals surface area contributed by atoms with E-state index in [1.54, 1.807) is 47.8 Å². The average Bonchev–Trinajstić information content (AvgIpc) is 3.31. The first kappa shape index (κ1) is 30.2. The number of hydrogen-bond acceptors (Lipinski definition) is 7. The second kappa shape index (κ2) is 12.9. The number of aromatic carboxylic acids is 1. The molecule has 3 aromatic rings. The Morgan fingerprint density at radius 3 is 2.11 bits per heavy atom. The van der Waals surface area contributed by atoms with Crippen LogP contribution in [0.1, 0.15) is 49.8 Å². The molecule has 38 heavy (non-hydrogen) atoms. The van der Waals surface area contributed by atoms with Crippen LogP contribution in [0.15, 0.2) is 53.9 Å². The maximum Gasteiger partial charge on any atom is 0.336 e. The van der Waals surface area contributed by atoms with Crippen LogP contribution >= 0.6 is 11.3 Å². The van der Waals surface area contributed by atoms with Gasteiger partial charge in [-0.2, -0.15) is 8.42 Å². The van der Waals surface area contributed by atoms with Gasteiger partial charge in [0.05, 0.1) is 11.8 Å². The quantitative estimate of drug-likeness (QED) is 0.136. The van der Waals surface area contributed by atoms with Gasteiger partial charge < -0.3 is 21.5 Å². The summed E-state index contributed by atoms with van der Waals surface area (Å²) >= 11 is 1.18. The highest BCUT2D eigenvalue weighted by Crippen LogP contribution is 2.32. The normalized spacial score (nSPS) is 10.8. The van der Waals surface area contributed by atoms with Gasteiger partial charge in [0.15, 0.2) is 0 Å². The van der Waals surface area contributed by atoms with Crippen LogP contribution in [0.5, 0.6) is 0 Å². The molecule has 11 nitrogen and oxygen atoms in total. The molecule has 13 heteroatoms. The van der Waals surface area contributed by atoms with E-state index in [9.17, 15) is 27.9 Å². The fraction of sp³-hybridized carbons (Fsp3) is 0.200. The van der Waals surface area contributed by atoms with E-state index in [1.807, 2.05) is 13.8 Å². The Balaban J connectivity index is 0.000000926. The van der Waals surface area contributed by atoms with Gasteiger partial charge in [-0.25, -0.2) is 4.79 Å². The first-order chi connectivity index (χ1) is 17.7. The molecule has 1 heterocycles. The lowest BCUT2D eigenvalue weighted by molar-refractivity contribution is 0.0697. The van der Waals surface area contributed by atoms with Crippen molar-refractivity contribution in [3.05, 3.63) is 75.5 Å². The van der Waals surface area contributed by atoms with Crippen molar-refractivity contribution in [1.82, 2.24) is 5.32 Å². The first-order valence-corrected chi connectivity index (χ1v) is 13.8. The molecule has 0 unspecified atom stereocenters. The number of carboxylic acid groups (broad SMARTS) is 1. The van der Waals surface area contributed by atoms with Crippen LogP contribution < -0.4 is 16.4 Å². The molecule has 0 spiro atoms. The van der Waals surface area contributed by atoms with E-state index in [1.165, 1.54) is 17.4 Å². The average molecular weight is 561 g/mol. The minimum absolute atomic E-state index is 0.0644. The van der Waals surface area contributed by atoms with Crippen molar-refractivity contribution in [2.75, 3.05) is 18.1 Å². The van der Waals surface area contributed by atoms with Crippen molar-refractivity contribution in [1.29, 1.82) is 5.41 Å².